The lowest BCUT2D eigenvalue weighted by Crippen LogP contribution is -3.15. The fourth-order valence-corrected chi connectivity index (χ4v) is 3.77. The van der Waals surface area contributed by atoms with Crippen molar-refractivity contribution < 1.29 is 42.0 Å². The van der Waals surface area contributed by atoms with Crippen LogP contribution in [0.4, 0.5) is 13.2 Å². The predicted octanol–water partition coefficient (Wildman–Crippen LogP) is 3.80. The standard InChI is InChI=1S/C28H37N3O3.C2HF3O2/c1-6-23(32)14-8-7-9-15-24(30-27(33)28(2,3)31(4)5)26-29-19-25(34-26)22-17-16-20-12-10-11-13-21(20)18-22;3-2(4,5)1(6)7/h10-13,16-19,24H,6-9,14-15H2,1-5H3,(H,30,33);(H,6,7)/t24-;/m0./s1. The first-order chi connectivity index (χ1) is 19.2. The minimum atomic E-state index is -5.19. The molecule has 41 heavy (non-hydrogen) atoms. The number of fused-ring (bicyclic) bond motifs is 1. The van der Waals surface area contributed by atoms with E-state index in [4.69, 9.17) is 14.3 Å². The average Bonchev–Trinajstić information content (AvgIpc) is 3.41. The number of unbranched alkanes of at least 4 members (excludes halogenated alkanes) is 2. The second-order valence-electron chi connectivity index (χ2n) is 10.6. The molecule has 0 radical (unpaired) electrons. The lowest BCUT2D eigenvalue weighted by molar-refractivity contribution is -0.899. The molecule has 3 rings (SSSR count). The highest BCUT2D eigenvalue weighted by atomic mass is 19.4. The zero-order valence-electron chi connectivity index (χ0n) is 24.1. The summed E-state index contributed by atoms with van der Waals surface area (Å²) in [7, 11) is 3.95. The number of nitrogens with zero attached hydrogens (tertiary/aromatic N) is 1. The zero-order chi connectivity index (χ0) is 30.8. The molecule has 0 bridgehead atoms. The highest BCUT2D eigenvalue weighted by molar-refractivity contribution is 5.86. The number of oxazole rings is 1. The maximum atomic E-state index is 13.1. The van der Waals surface area contributed by atoms with Gasteiger partial charge in [0.25, 0.3) is 5.91 Å². The summed E-state index contributed by atoms with van der Waals surface area (Å²) in [5.74, 6) is -1.54. The van der Waals surface area contributed by atoms with E-state index < -0.39 is 17.7 Å². The van der Waals surface area contributed by atoms with Crippen LogP contribution < -0.4 is 15.3 Å². The molecule has 1 aromatic heterocycles. The number of hydrogen-bond acceptors (Lipinski definition) is 6. The quantitative estimate of drug-likeness (QED) is 0.317. The normalized spacial score (nSPS) is 12.5. The molecule has 8 nitrogen and oxygen atoms in total. The Morgan fingerprint density at radius 1 is 1.02 bits per heavy atom. The number of alkyl halides is 3. The molecule has 0 saturated carbocycles. The van der Waals surface area contributed by atoms with E-state index in [-0.39, 0.29) is 11.9 Å². The van der Waals surface area contributed by atoms with Gasteiger partial charge in [0.15, 0.2) is 11.3 Å². The molecule has 11 heteroatoms. The smallest absolute Gasteiger partial charge is 0.430 e. The van der Waals surface area contributed by atoms with Crippen molar-refractivity contribution in [2.24, 2.45) is 0 Å². The Bertz CT molecular complexity index is 1320. The van der Waals surface area contributed by atoms with Gasteiger partial charge in [-0.1, -0.05) is 56.2 Å². The molecule has 3 aromatic rings. The Hall–Kier alpha value is -3.73. The number of amides is 1. The summed E-state index contributed by atoms with van der Waals surface area (Å²) in [4.78, 5) is 39.1. The van der Waals surface area contributed by atoms with Crippen LogP contribution in [-0.4, -0.2) is 48.5 Å². The van der Waals surface area contributed by atoms with Gasteiger partial charge in [0.05, 0.1) is 20.3 Å². The van der Waals surface area contributed by atoms with E-state index in [2.05, 4.69) is 34.6 Å². The molecule has 1 atom stereocenters. The number of carbonyl (C=O) groups excluding carboxylic acids is 3. The summed E-state index contributed by atoms with van der Waals surface area (Å²) in [6.07, 6.45) is 1.14. The van der Waals surface area contributed by atoms with Crippen LogP contribution in [0.2, 0.25) is 0 Å². The van der Waals surface area contributed by atoms with Gasteiger partial charge in [-0.3, -0.25) is 9.59 Å². The molecule has 1 heterocycles. The zero-order valence-corrected chi connectivity index (χ0v) is 24.1. The second-order valence-corrected chi connectivity index (χ2v) is 10.6. The number of halogens is 3. The molecular formula is C30H38F3N3O5. The first-order valence-electron chi connectivity index (χ1n) is 13.5. The van der Waals surface area contributed by atoms with Crippen LogP contribution >= 0.6 is 0 Å². The highest BCUT2D eigenvalue weighted by Gasteiger charge is 2.36. The summed E-state index contributed by atoms with van der Waals surface area (Å²) in [6, 6.07) is 14.1. The number of Topliss-reactive ketones (excluding diaryl/α,β-unsaturated/α-hetero) is 1. The molecule has 0 aliphatic carbocycles. The number of carboxylic acids is 1. The topological polar surface area (TPSA) is 117 Å². The number of aliphatic carboxylic acids is 1. The first-order valence-corrected chi connectivity index (χ1v) is 13.5. The molecule has 0 unspecified atom stereocenters. The molecule has 0 aliphatic heterocycles. The van der Waals surface area contributed by atoms with Crippen molar-refractivity contribution in [3.05, 3.63) is 54.6 Å². The predicted molar refractivity (Wildman–Crippen MR) is 147 cm³/mol. The summed E-state index contributed by atoms with van der Waals surface area (Å²) < 4.78 is 37.7. The number of nitrogens with one attached hydrogen (secondary N) is 2. The third-order valence-electron chi connectivity index (χ3n) is 7.05. The van der Waals surface area contributed by atoms with Crippen molar-refractivity contribution in [2.75, 3.05) is 14.1 Å². The SMILES string of the molecule is CCC(=O)CCCCC[C@H](NC(=O)C(C)(C)[NH+](C)C)c1ncc(-c2ccc3ccccc3c2)o1.O=C([O-])C(F)(F)F. The number of carboxylic acid groups (broad SMARTS) is 1. The minimum Gasteiger partial charge on any atom is -0.542 e. The van der Waals surface area contributed by atoms with E-state index in [1.807, 2.05) is 53.1 Å². The number of aromatic nitrogens is 1. The molecule has 2 N–H and O–H groups in total. The fourth-order valence-electron chi connectivity index (χ4n) is 3.77. The Morgan fingerprint density at radius 3 is 2.24 bits per heavy atom. The van der Waals surface area contributed by atoms with Crippen LogP contribution in [0.15, 0.2) is 53.1 Å². The van der Waals surface area contributed by atoms with Gasteiger partial charge >= 0.3 is 6.18 Å². The maximum Gasteiger partial charge on any atom is 0.430 e. The summed E-state index contributed by atoms with van der Waals surface area (Å²) >= 11 is 0. The van der Waals surface area contributed by atoms with Gasteiger partial charge in [0.1, 0.15) is 17.8 Å². The van der Waals surface area contributed by atoms with Crippen molar-refractivity contribution in [1.29, 1.82) is 0 Å². The first kappa shape index (κ1) is 33.5. The van der Waals surface area contributed by atoms with Crippen LogP contribution in [0, 0.1) is 0 Å². The molecule has 0 saturated heterocycles. The van der Waals surface area contributed by atoms with E-state index in [0.29, 0.717) is 36.7 Å². The highest BCUT2D eigenvalue weighted by Crippen LogP contribution is 2.28. The number of hydrogen-bond donors (Lipinski definition) is 2. The van der Waals surface area contributed by atoms with Crippen molar-refractivity contribution in [3.8, 4) is 11.3 Å². The van der Waals surface area contributed by atoms with E-state index in [0.717, 1.165) is 35.1 Å². The lowest BCUT2D eigenvalue weighted by Gasteiger charge is -2.29. The summed E-state index contributed by atoms with van der Waals surface area (Å²) in [5, 5.41) is 14.3. The van der Waals surface area contributed by atoms with E-state index in [1.54, 1.807) is 6.20 Å². The van der Waals surface area contributed by atoms with E-state index >= 15 is 0 Å². The molecular weight excluding hydrogens is 539 g/mol. The maximum absolute atomic E-state index is 13.1. The molecule has 0 aliphatic rings. The van der Waals surface area contributed by atoms with Crippen molar-refractivity contribution >= 4 is 28.4 Å². The number of quaternary nitrogens is 1. The molecule has 1 amide bonds. The van der Waals surface area contributed by atoms with Crippen molar-refractivity contribution in [3.63, 3.8) is 0 Å². The van der Waals surface area contributed by atoms with Gasteiger partial charge in [-0.2, -0.15) is 13.2 Å². The average molecular weight is 578 g/mol. The number of carbonyl (C=O) groups is 3. The van der Waals surface area contributed by atoms with Gasteiger partial charge < -0.3 is 24.5 Å². The monoisotopic (exact) mass is 577 g/mol. The molecule has 0 fully saturated rings. The van der Waals surface area contributed by atoms with Crippen LogP contribution in [-0.2, 0) is 14.4 Å². The van der Waals surface area contributed by atoms with Crippen LogP contribution in [0.1, 0.15) is 71.2 Å². The van der Waals surface area contributed by atoms with Gasteiger partial charge in [-0.05, 0) is 43.5 Å². The molecule has 0 spiro atoms. The third kappa shape index (κ3) is 10.00. The molecule has 2 aromatic carbocycles. The van der Waals surface area contributed by atoms with Gasteiger partial charge in [-0.25, -0.2) is 4.98 Å². The van der Waals surface area contributed by atoms with Gasteiger partial charge in [0, 0.05) is 18.4 Å². The van der Waals surface area contributed by atoms with Crippen LogP contribution in [0.25, 0.3) is 22.1 Å². The fraction of sp³-hybridized carbons (Fsp3) is 0.467. The third-order valence-corrected chi connectivity index (χ3v) is 7.05. The van der Waals surface area contributed by atoms with Gasteiger partial charge in [0.2, 0.25) is 5.89 Å². The Labute approximate surface area is 237 Å². The summed E-state index contributed by atoms with van der Waals surface area (Å²) in [5.41, 5.74) is 0.373. The number of rotatable bonds is 12. The number of benzene rings is 2. The number of ketones is 1. The summed E-state index contributed by atoms with van der Waals surface area (Å²) in [6.45, 7) is 5.76. The van der Waals surface area contributed by atoms with E-state index in [9.17, 15) is 22.8 Å². The van der Waals surface area contributed by atoms with Crippen LogP contribution in [0.3, 0.4) is 0 Å². The van der Waals surface area contributed by atoms with Crippen LogP contribution in [0.5, 0.6) is 0 Å². The van der Waals surface area contributed by atoms with Crippen molar-refractivity contribution in [2.45, 2.75) is 77.1 Å². The minimum absolute atomic E-state index is 0.0379. The Morgan fingerprint density at radius 2 is 1.66 bits per heavy atom. The Balaban J connectivity index is 0.000000745. The van der Waals surface area contributed by atoms with Gasteiger partial charge in [-0.15, -0.1) is 0 Å². The molecule has 224 valence electrons. The largest absolute Gasteiger partial charge is 0.542 e. The number of likely N-dealkylation sites (N-methyl/N-ethyl adjacent to an activating group) is 1. The second kappa shape index (κ2) is 14.8. The lowest BCUT2D eigenvalue weighted by atomic mass is 10.0. The van der Waals surface area contributed by atoms with E-state index in [1.165, 1.54) is 5.39 Å². The Kier molecular flexibility index (Phi) is 12.1. The van der Waals surface area contributed by atoms with Crippen molar-refractivity contribution in [1.82, 2.24) is 10.3 Å².